The summed E-state index contributed by atoms with van der Waals surface area (Å²) in [6.07, 6.45) is 1.19. The van der Waals surface area contributed by atoms with E-state index < -0.39 is 10.0 Å². The number of carbonyl (C=O) groups excluding carboxylic acids is 1. The zero-order valence-corrected chi connectivity index (χ0v) is 16.1. The van der Waals surface area contributed by atoms with E-state index in [4.69, 9.17) is 0 Å². The predicted molar refractivity (Wildman–Crippen MR) is 105 cm³/mol. The van der Waals surface area contributed by atoms with Crippen LogP contribution in [0.1, 0.15) is 17.5 Å². The van der Waals surface area contributed by atoms with Gasteiger partial charge in [-0.1, -0.05) is 12.1 Å². The van der Waals surface area contributed by atoms with Crippen LogP contribution in [0.4, 0.5) is 11.4 Å². The van der Waals surface area contributed by atoms with Crippen molar-refractivity contribution in [1.29, 1.82) is 0 Å². The van der Waals surface area contributed by atoms with Crippen molar-refractivity contribution in [3.05, 3.63) is 53.6 Å². The van der Waals surface area contributed by atoms with Gasteiger partial charge in [-0.05, 0) is 60.7 Å². The number of hydrogen-bond acceptors (Lipinski definition) is 4. The maximum atomic E-state index is 12.6. The molecule has 2 aliphatic heterocycles. The molecule has 1 fully saturated rings. The summed E-state index contributed by atoms with van der Waals surface area (Å²) in [5, 5.41) is 2.72. The van der Waals surface area contributed by atoms with Gasteiger partial charge < -0.3 is 10.2 Å². The summed E-state index contributed by atoms with van der Waals surface area (Å²) < 4.78 is 28.0. The third-order valence-electron chi connectivity index (χ3n) is 5.23. The molecule has 6 nitrogen and oxygen atoms in total. The quantitative estimate of drug-likeness (QED) is 0.828. The van der Waals surface area contributed by atoms with Crippen molar-refractivity contribution in [2.75, 3.05) is 29.9 Å². The fourth-order valence-electron chi connectivity index (χ4n) is 3.74. The third-order valence-corrected chi connectivity index (χ3v) is 6.65. The number of aryl methyl sites for hydroxylation is 1. The Bertz CT molecular complexity index is 988. The molecule has 0 bridgehead atoms. The molecule has 27 heavy (non-hydrogen) atoms. The summed E-state index contributed by atoms with van der Waals surface area (Å²) in [5.41, 5.74) is 3.84. The molecule has 2 N–H and O–H groups in total. The van der Waals surface area contributed by atoms with Crippen LogP contribution in [0.2, 0.25) is 0 Å². The first-order valence-corrected chi connectivity index (χ1v) is 10.6. The first-order chi connectivity index (χ1) is 12.9. The Morgan fingerprint density at radius 3 is 2.89 bits per heavy atom. The number of anilines is 2. The second-order valence-electron chi connectivity index (χ2n) is 7.34. The van der Waals surface area contributed by atoms with Gasteiger partial charge in [-0.15, -0.1) is 0 Å². The topological polar surface area (TPSA) is 78.5 Å². The molecule has 1 saturated heterocycles. The SMILES string of the molecule is Cc1cccc(N2CCC(CNS(=O)(=O)c3ccc4c(c3)CC(=O)N4)C2)c1. The van der Waals surface area contributed by atoms with Crippen LogP contribution in [0, 0.1) is 12.8 Å². The molecule has 0 spiro atoms. The zero-order chi connectivity index (χ0) is 19.0. The highest BCUT2D eigenvalue weighted by atomic mass is 32.2. The van der Waals surface area contributed by atoms with Crippen molar-refractivity contribution in [1.82, 2.24) is 4.72 Å². The van der Waals surface area contributed by atoms with Gasteiger partial charge in [-0.25, -0.2) is 13.1 Å². The van der Waals surface area contributed by atoms with E-state index in [2.05, 4.69) is 40.1 Å². The monoisotopic (exact) mass is 385 g/mol. The van der Waals surface area contributed by atoms with E-state index in [1.165, 1.54) is 11.3 Å². The van der Waals surface area contributed by atoms with Crippen LogP contribution in [-0.2, 0) is 21.2 Å². The molecule has 142 valence electrons. The standard InChI is InChI=1S/C20H23N3O3S/c1-14-3-2-4-17(9-14)23-8-7-15(13-23)12-21-27(25,26)18-5-6-19-16(10-18)11-20(24)22-19/h2-6,9-10,15,21H,7-8,11-13H2,1H3,(H,22,24). The minimum absolute atomic E-state index is 0.102. The summed E-state index contributed by atoms with van der Waals surface area (Å²) in [7, 11) is -3.58. The Morgan fingerprint density at radius 1 is 1.22 bits per heavy atom. The first kappa shape index (κ1) is 18.0. The summed E-state index contributed by atoms with van der Waals surface area (Å²) >= 11 is 0. The lowest BCUT2D eigenvalue weighted by atomic mass is 10.1. The molecule has 1 unspecified atom stereocenters. The average Bonchev–Trinajstić information content (AvgIpc) is 3.25. The van der Waals surface area contributed by atoms with Crippen molar-refractivity contribution in [2.24, 2.45) is 5.92 Å². The number of benzene rings is 2. The van der Waals surface area contributed by atoms with Crippen LogP contribution in [0.3, 0.4) is 0 Å². The van der Waals surface area contributed by atoms with Gasteiger partial charge in [0.15, 0.2) is 0 Å². The van der Waals surface area contributed by atoms with Gasteiger partial charge in [0.25, 0.3) is 0 Å². The highest BCUT2D eigenvalue weighted by Gasteiger charge is 2.26. The molecular weight excluding hydrogens is 362 g/mol. The van der Waals surface area contributed by atoms with Crippen LogP contribution >= 0.6 is 0 Å². The van der Waals surface area contributed by atoms with E-state index in [-0.39, 0.29) is 23.1 Å². The zero-order valence-electron chi connectivity index (χ0n) is 15.2. The Kier molecular flexibility index (Phi) is 4.65. The number of carbonyl (C=O) groups is 1. The summed E-state index contributed by atoms with van der Waals surface area (Å²) in [4.78, 5) is 14.0. The van der Waals surface area contributed by atoms with Crippen LogP contribution in [0.25, 0.3) is 0 Å². The normalized spacial score (nSPS) is 19.2. The molecule has 0 aromatic heterocycles. The van der Waals surface area contributed by atoms with Gasteiger partial charge in [0.1, 0.15) is 0 Å². The molecular formula is C20H23N3O3S. The Balaban J connectivity index is 1.39. The average molecular weight is 385 g/mol. The second-order valence-corrected chi connectivity index (χ2v) is 9.10. The van der Waals surface area contributed by atoms with Crippen molar-refractivity contribution >= 4 is 27.3 Å². The smallest absolute Gasteiger partial charge is 0.240 e. The maximum absolute atomic E-state index is 12.6. The number of rotatable bonds is 5. The van der Waals surface area contributed by atoms with Crippen LogP contribution in [0.5, 0.6) is 0 Å². The van der Waals surface area contributed by atoms with Crippen molar-refractivity contribution < 1.29 is 13.2 Å². The van der Waals surface area contributed by atoms with Gasteiger partial charge in [0.05, 0.1) is 11.3 Å². The van der Waals surface area contributed by atoms with Crippen molar-refractivity contribution in [3.8, 4) is 0 Å². The molecule has 2 heterocycles. The number of amides is 1. The summed E-state index contributed by atoms with van der Waals surface area (Å²) in [5.74, 6) is 0.174. The molecule has 0 radical (unpaired) electrons. The minimum atomic E-state index is -3.58. The van der Waals surface area contributed by atoms with E-state index in [0.717, 1.165) is 25.1 Å². The largest absolute Gasteiger partial charge is 0.371 e. The number of fused-ring (bicyclic) bond motifs is 1. The fraction of sp³-hybridized carbons (Fsp3) is 0.350. The lowest BCUT2D eigenvalue weighted by Crippen LogP contribution is -2.31. The summed E-state index contributed by atoms with van der Waals surface area (Å²) in [6.45, 7) is 4.26. The van der Waals surface area contributed by atoms with Crippen LogP contribution in [-0.4, -0.2) is 34.0 Å². The molecule has 2 aliphatic rings. The molecule has 1 amide bonds. The Morgan fingerprint density at radius 2 is 2.07 bits per heavy atom. The van der Waals surface area contributed by atoms with Gasteiger partial charge in [-0.3, -0.25) is 4.79 Å². The minimum Gasteiger partial charge on any atom is -0.371 e. The van der Waals surface area contributed by atoms with Gasteiger partial charge in [0.2, 0.25) is 15.9 Å². The number of nitrogens with one attached hydrogen (secondary N) is 2. The Hall–Kier alpha value is -2.38. The van der Waals surface area contributed by atoms with E-state index in [0.29, 0.717) is 12.2 Å². The second kappa shape index (κ2) is 6.98. The lowest BCUT2D eigenvalue weighted by Gasteiger charge is -2.19. The van der Waals surface area contributed by atoms with E-state index in [1.807, 2.05) is 6.07 Å². The summed E-state index contributed by atoms with van der Waals surface area (Å²) in [6, 6.07) is 13.2. The van der Waals surface area contributed by atoms with Gasteiger partial charge in [-0.2, -0.15) is 0 Å². The third kappa shape index (κ3) is 3.84. The van der Waals surface area contributed by atoms with Gasteiger partial charge >= 0.3 is 0 Å². The highest BCUT2D eigenvalue weighted by Crippen LogP contribution is 2.27. The Labute approximate surface area is 159 Å². The molecule has 0 aliphatic carbocycles. The number of sulfonamides is 1. The predicted octanol–water partition coefficient (Wildman–Crippen LogP) is 2.29. The first-order valence-electron chi connectivity index (χ1n) is 9.15. The maximum Gasteiger partial charge on any atom is 0.240 e. The fourth-order valence-corrected chi connectivity index (χ4v) is 4.91. The van der Waals surface area contributed by atoms with Gasteiger partial charge in [0, 0.05) is 31.0 Å². The van der Waals surface area contributed by atoms with E-state index in [1.54, 1.807) is 18.2 Å². The van der Waals surface area contributed by atoms with Crippen molar-refractivity contribution in [2.45, 2.75) is 24.7 Å². The van der Waals surface area contributed by atoms with Crippen LogP contribution in [0.15, 0.2) is 47.4 Å². The molecule has 0 saturated carbocycles. The van der Waals surface area contributed by atoms with Crippen molar-refractivity contribution in [3.63, 3.8) is 0 Å². The lowest BCUT2D eigenvalue weighted by molar-refractivity contribution is -0.115. The molecule has 2 aromatic carbocycles. The van der Waals surface area contributed by atoms with Crippen LogP contribution < -0.4 is 14.9 Å². The molecule has 4 rings (SSSR count). The number of nitrogens with zero attached hydrogens (tertiary/aromatic N) is 1. The number of hydrogen-bond donors (Lipinski definition) is 2. The van der Waals surface area contributed by atoms with E-state index in [9.17, 15) is 13.2 Å². The van der Waals surface area contributed by atoms with E-state index >= 15 is 0 Å². The molecule has 7 heteroatoms. The highest BCUT2D eigenvalue weighted by molar-refractivity contribution is 7.89. The molecule has 2 aromatic rings. The molecule has 1 atom stereocenters.